The Hall–Kier alpha value is -2.00. The monoisotopic (exact) mass is 319 g/mol. The van der Waals surface area contributed by atoms with Gasteiger partial charge in [-0.3, -0.25) is 4.72 Å². The van der Waals surface area contributed by atoms with Crippen LogP contribution in [0.5, 0.6) is 0 Å². The highest BCUT2D eigenvalue weighted by atomic mass is 32.2. The first-order chi connectivity index (χ1) is 9.31. The van der Waals surface area contributed by atoms with Gasteiger partial charge in [-0.25, -0.2) is 22.0 Å². The number of anilines is 1. The first-order valence-corrected chi connectivity index (χ1v) is 7.46. The van der Waals surface area contributed by atoms with Crippen molar-refractivity contribution in [2.75, 3.05) is 4.72 Å². The molecule has 1 aromatic carbocycles. The van der Waals surface area contributed by atoms with Gasteiger partial charge in [0.2, 0.25) is 0 Å². The lowest BCUT2D eigenvalue weighted by Crippen LogP contribution is -2.15. The zero-order valence-electron chi connectivity index (χ0n) is 9.63. The number of thiophene rings is 1. The average Bonchev–Trinajstić information content (AvgIpc) is 2.87. The minimum atomic E-state index is -4.04. The number of aromatic carboxylic acids is 1. The van der Waals surface area contributed by atoms with Gasteiger partial charge in [0.25, 0.3) is 10.0 Å². The van der Waals surface area contributed by atoms with E-state index in [1.54, 1.807) is 0 Å². The molecule has 0 amide bonds. The fourth-order valence-corrected chi connectivity index (χ4v) is 3.48. The van der Waals surface area contributed by atoms with E-state index in [0.29, 0.717) is 12.1 Å². The summed E-state index contributed by atoms with van der Waals surface area (Å²) in [7, 11) is -4.04. The van der Waals surface area contributed by atoms with Gasteiger partial charge in [-0.05, 0) is 17.5 Å². The normalized spacial score (nSPS) is 11.3. The van der Waals surface area contributed by atoms with Crippen LogP contribution >= 0.6 is 11.3 Å². The lowest BCUT2D eigenvalue weighted by molar-refractivity contribution is 0.0697. The molecule has 0 aliphatic rings. The molecule has 2 aromatic rings. The topological polar surface area (TPSA) is 83.5 Å². The van der Waals surface area contributed by atoms with E-state index in [-0.39, 0.29) is 4.21 Å². The van der Waals surface area contributed by atoms with Crippen molar-refractivity contribution in [1.29, 1.82) is 0 Å². The van der Waals surface area contributed by atoms with Crippen LogP contribution in [0.3, 0.4) is 0 Å². The molecular formula is C11H7F2NO4S2. The van der Waals surface area contributed by atoms with Crippen molar-refractivity contribution in [2.45, 2.75) is 4.21 Å². The van der Waals surface area contributed by atoms with E-state index in [9.17, 15) is 22.0 Å². The summed E-state index contributed by atoms with van der Waals surface area (Å²) in [6, 6.07) is 3.70. The van der Waals surface area contributed by atoms with Gasteiger partial charge in [0.1, 0.15) is 4.21 Å². The number of halogens is 2. The molecule has 0 atom stereocenters. The molecule has 0 saturated carbocycles. The second-order valence-corrected chi connectivity index (χ2v) is 6.51. The van der Waals surface area contributed by atoms with Crippen molar-refractivity contribution in [3.8, 4) is 0 Å². The van der Waals surface area contributed by atoms with E-state index in [2.05, 4.69) is 0 Å². The summed E-state index contributed by atoms with van der Waals surface area (Å²) in [6.45, 7) is 0. The van der Waals surface area contributed by atoms with Crippen molar-refractivity contribution in [3.05, 3.63) is 46.8 Å². The Balaban J connectivity index is 2.49. The van der Waals surface area contributed by atoms with Crippen LogP contribution in [-0.2, 0) is 10.0 Å². The van der Waals surface area contributed by atoms with Crippen molar-refractivity contribution in [3.63, 3.8) is 0 Å². The molecular weight excluding hydrogens is 312 g/mol. The molecule has 0 saturated heterocycles. The van der Waals surface area contributed by atoms with Gasteiger partial charge in [-0.2, -0.15) is 0 Å². The molecule has 20 heavy (non-hydrogen) atoms. The number of benzene rings is 1. The van der Waals surface area contributed by atoms with Crippen LogP contribution in [0.4, 0.5) is 14.5 Å². The molecule has 0 fully saturated rings. The predicted molar refractivity (Wildman–Crippen MR) is 68.4 cm³/mol. The van der Waals surface area contributed by atoms with Gasteiger partial charge >= 0.3 is 5.97 Å². The average molecular weight is 319 g/mol. The van der Waals surface area contributed by atoms with Gasteiger partial charge < -0.3 is 5.11 Å². The Labute approximate surface area is 116 Å². The van der Waals surface area contributed by atoms with E-state index < -0.39 is 38.9 Å². The number of sulfonamides is 1. The Bertz CT molecular complexity index is 757. The van der Waals surface area contributed by atoms with E-state index in [1.807, 2.05) is 4.72 Å². The number of hydrogen-bond donors (Lipinski definition) is 2. The lowest BCUT2D eigenvalue weighted by atomic mass is 10.2. The first-order valence-electron chi connectivity index (χ1n) is 5.10. The smallest absolute Gasteiger partial charge is 0.337 e. The van der Waals surface area contributed by atoms with Crippen molar-refractivity contribution in [2.24, 2.45) is 0 Å². The Kier molecular flexibility index (Phi) is 3.73. The first kappa shape index (κ1) is 14.4. The number of rotatable bonds is 4. The van der Waals surface area contributed by atoms with Crippen LogP contribution in [0.2, 0.25) is 0 Å². The molecule has 0 unspecified atom stereocenters. The summed E-state index contributed by atoms with van der Waals surface area (Å²) >= 11 is 0.905. The molecule has 1 heterocycles. The number of carboxylic acid groups (broad SMARTS) is 1. The highest BCUT2D eigenvalue weighted by molar-refractivity contribution is 7.94. The van der Waals surface area contributed by atoms with E-state index in [1.165, 1.54) is 17.5 Å². The van der Waals surface area contributed by atoms with Crippen LogP contribution in [0, 0.1) is 11.6 Å². The fourth-order valence-electron chi connectivity index (χ4n) is 1.42. The van der Waals surface area contributed by atoms with Crippen LogP contribution in [0.25, 0.3) is 0 Å². The summed E-state index contributed by atoms with van der Waals surface area (Å²) in [5.41, 5.74) is -1.21. The third-order valence-electron chi connectivity index (χ3n) is 2.30. The maximum Gasteiger partial charge on any atom is 0.337 e. The molecule has 106 valence electrons. The van der Waals surface area contributed by atoms with Crippen LogP contribution in [-0.4, -0.2) is 19.5 Å². The molecule has 2 N–H and O–H groups in total. The van der Waals surface area contributed by atoms with Crippen LogP contribution < -0.4 is 4.72 Å². The standard InChI is InChI=1S/C11H7F2NO4S2/c12-7-4-6(11(15)16)9(5-8(7)13)14-20(17,18)10-2-1-3-19-10/h1-5,14H,(H,15,16). The number of hydrogen-bond acceptors (Lipinski definition) is 4. The van der Waals surface area contributed by atoms with Gasteiger partial charge in [-0.15, -0.1) is 11.3 Å². The minimum Gasteiger partial charge on any atom is -0.478 e. The summed E-state index contributed by atoms with van der Waals surface area (Å²) in [5, 5.41) is 10.4. The van der Waals surface area contributed by atoms with E-state index >= 15 is 0 Å². The van der Waals surface area contributed by atoms with Crippen LogP contribution in [0.15, 0.2) is 33.9 Å². The van der Waals surface area contributed by atoms with Crippen molar-refractivity contribution in [1.82, 2.24) is 0 Å². The van der Waals surface area contributed by atoms with Gasteiger partial charge in [0.05, 0.1) is 11.3 Å². The van der Waals surface area contributed by atoms with E-state index in [4.69, 9.17) is 5.11 Å². The third-order valence-corrected chi connectivity index (χ3v) is 5.06. The molecule has 0 aliphatic heterocycles. The molecule has 9 heteroatoms. The van der Waals surface area contributed by atoms with Gasteiger partial charge in [0, 0.05) is 6.07 Å². The zero-order valence-corrected chi connectivity index (χ0v) is 11.3. The van der Waals surface area contributed by atoms with Gasteiger partial charge in [0.15, 0.2) is 11.6 Å². The molecule has 0 spiro atoms. The lowest BCUT2D eigenvalue weighted by Gasteiger charge is -2.09. The second-order valence-electron chi connectivity index (χ2n) is 3.65. The van der Waals surface area contributed by atoms with Gasteiger partial charge in [-0.1, -0.05) is 6.07 Å². The number of nitrogens with one attached hydrogen (secondary N) is 1. The predicted octanol–water partition coefficient (Wildman–Crippen LogP) is 2.53. The molecule has 0 bridgehead atoms. The van der Waals surface area contributed by atoms with E-state index in [0.717, 1.165) is 11.3 Å². The Morgan fingerprint density at radius 3 is 2.45 bits per heavy atom. The fraction of sp³-hybridized carbons (Fsp3) is 0. The quantitative estimate of drug-likeness (QED) is 0.907. The van der Waals surface area contributed by atoms with Crippen LogP contribution in [0.1, 0.15) is 10.4 Å². The summed E-state index contributed by atoms with van der Waals surface area (Å²) in [5.74, 6) is -4.30. The highest BCUT2D eigenvalue weighted by Gasteiger charge is 2.21. The van der Waals surface area contributed by atoms with Crippen molar-refractivity contribution >= 4 is 33.0 Å². The van der Waals surface area contributed by atoms with Crippen molar-refractivity contribution < 1.29 is 27.1 Å². The summed E-state index contributed by atoms with van der Waals surface area (Å²) in [4.78, 5) is 10.9. The largest absolute Gasteiger partial charge is 0.478 e. The number of carbonyl (C=O) groups is 1. The molecule has 0 aliphatic carbocycles. The molecule has 1 aromatic heterocycles. The molecule has 0 radical (unpaired) electrons. The second kappa shape index (κ2) is 5.17. The maximum absolute atomic E-state index is 13.1. The minimum absolute atomic E-state index is 0.0708. The molecule has 5 nitrogen and oxygen atoms in total. The Morgan fingerprint density at radius 1 is 1.25 bits per heavy atom. The zero-order chi connectivity index (χ0) is 14.9. The molecule has 2 rings (SSSR count). The maximum atomic E-state index is 13.1. The third kappa shape index (κ3) is 2.78. The Morgan fingerprint density at radius 2 is 1.90 bits per heavy atom. The SMILES string of the molecule is O=C(O)c1cc(F)c(F)cc1NS(=O)(=O)c1cccs1. The highest BCUT2D eigenvalue weighted by Crippen LogP contribution is 2.25. The summed E-state index contributed by atoms with van der Waals surface area (Å²) in [6.07, 6.45) is 0. The summed E-state index contributed by atoms with van der Waals surface area (Å²) < 4.78 is 51.9. The number of carboxylic acids is 1.